The number of carboxylic acids is 1. The fraction of sp³-hybridized carbons (Fsp3) is 0.417. The molecule has 92 valence electrons. The predicted molar refractivity (Wildman–Crippen MR) is 62.1 cm³/mol. The van der Waals surface area contributed by atoms with Gasteiger partial charge >= 0.3 is 5.97 Å². The fourth-order valence-corrected chi connectivity index (χ4v) is 2.07. The van der Waals surface area contributed by atoms with Crippen molar-refractivity contribution in [2.24, 2.45) is 0 Å². The van der Waals surface area contributed by atoms with Crippen LogP contribution < -0.4 is 4.90 Å². The Morgan fingerprint density at radius 2 is 1.94 bits per heavy atom. The molecule has 0 radical (unpaired) electrons. The normalized spacial score (nSPS) is 17.1. The average Bonchev–Trinajstić information content (AvgIpc) is 2.82. The maximum atomic E-state index is 10.7. The Hall–Kier alpha value is -1.75. The van der Waals surface area contributed by atoms with Gasteiger partial charge in [0.1, 0.15) is 5.75 Å². The van der Waals surface area contributed by atoms with Crippen molar-refractivity contribution in [3.05, 3.63) is 23.8 Å². The van der Waals surface area contributed by atoms with Gasteiger partial charge in [0, 0.05) is 24.3 Å². The molecule has 1 fully saturated rings. The lowest BCUT2D eigenvalue weighted by Crippen LogP contribution is -2.18. The Morgan fingerprint density at radius 1 is 1.29 bits per heavy atom. The molecule has 0 aliphatic carbocycles. The maximum Gasteiger partial charge on any atom is 0.337 e. The van der Waals surface area contributed by atoms with Crippen LogP contribution in [0, 0.1) is 0 Å². The van der Waals surface area contributed by atoms with Gasteiger partial charge in [0.2, 0.25) is 0 Å². The summed E-state index contributed by atoms with van der Waals surface area (Å²) >= 11 is 0. The molecule has 0 amide bonds. The summed E-state index contributed by atoms with van der Waals surface area (Å²) in [5.41, 5.74) is 0.887. The number of hydrogen-bond acceptors (Lipinski definition) is 4. The molecule has 17 heavy (non-hydrogen) atoms. The van der Waals surface area contributed by atoms with E-state index < -0.39 is 12.1 Å². The number of aliphatic hydroxyl groups excluding tert-OH is 1. The van der Waals surface area contributed by atoms with Crippen molar-refractivity contribution in [2.75, 3.05) is 18.0 Å². The van der Waals surface area contributed by atoms with E-state index in [1.54, 1.807) is 12.1 Å². The third-order valence-corrected chi connectivity index (χ3v) is 3.01. The number of rotatable bonds is 3. The number of aromatic hydroxyl groups is 1. The van der Waals surface area contributed by atoms with Crippen LogP contribution in [-0.4, -0.2) is 34.4 Å². The first-order chi connectivity index (χ1) is 8.09. The highest BCUT2D eigenvalue weighted by molar-refractivity contribution is 5.76. The second-order valence-corrected chi connectivity index (χ2v) is 4.18. The number of carbonyl (C=O) groups is 1. The molecule has 0 aromatic heterocycles. The SMILES string of the molecule is O=C(O)C(O)c1cc(N2CCCC2)ccc1O. The van der Waals surface area contributed by atoms with Gasteiger partial charge in [0.25, 0.3) is 0 Å². The van der Waals surface area contributed by atoms with Crippen molar-refractivity contribution >= 4 is 11.7 Å². The summed E-state index contributed by atoms with van der Waals surface area (Å²) in [7, 11) is 0. The molecule has 1 atom stereocenters. The van der Waals surface area contributed by atoms with E-state index in [9.17, 15) is 15.0 Å². The number of aliphatic hydroxyl groups is 1. The molecule has 1 aliphatic rings. The van der Waals surface area contributed by atoms with Crippen LogP contribution in [-0.2, 0) is 4.79 Å². The van der Waals surface area contributed by atoms with Crippen LogP contribution in [0.2, 0.25) is 0 Å². The van der Waals surface area contributed by atoms with E-state index in [1.807, 2.05) is 0 Å². The number of anilines is 1. The molecule has 2 rings (SSSR count). The summed E-state index contributed by atoms with van der Waals surface area (Å²) in [4.78, 5) is 12.8. The highest BCUT2D eigenvalue weighted by Crippen LogP contribution is 2.30. The van der Waals surface area contributed by atoms with E-state index >= 15 is 0 Å². The van der Waals surface area contributed by atoms with Gasteiger partial charge in [-0.05, 0) is 31.0 Å². The molecule has 0 spiro atoms. The van der Waals surface area contributed by atoms with Crippen molar-refractivity contribution in [1.82, 2.24) is 0 Å². The third kappa shape index (κ3) is 2.34. The smallest absolute Gasteiger partial charge is 0.337 e. The summed E-state index contributed by atoms with van der Waals surface area (Å²) in [5.74, 6) is -1.55. The number of benzene rings is 1. The molecular formula is C12H15NO4. The Balaban J connectivity index is 2.31. The van der Waals surface area contributed by atoms with Crippen molar-refractivity contribution in [2.45, 2.75) is 18.9 Å². The zero-order chi connectivity index (χ0) is 12.4. The number of nitrogens with zero attached hydrogens (tertiary/aromatic N) is 1. The van der Waals surface area contributed by atoms with E-state index in [1.165, 1.54) is 6.07 Å². The van der Waals surface area contributed by atoms with Crippen LogP contribution in [0.3, 0.4) is 0 Å². The first kappa shape index (κ1) is 11.7. The average molecular weight is 237 g/mol. The van der Waals surface area contributed by atoms with E-state index in [-0.39, 0.29) is 11.3 Å². The minimum Gasteiger partial charge on any atom is -0.508 e. The number of carboxylic acid groups (broad SMARTS) is 1. The molecule has 5 nitrogen and oxygen atoms in total. The molecule has 1 saturated heterocycles. The van der Waals surface area contributed by atoms with Gasteiger partial charge in [-0.2, -0.15) is 0 Å². The van der Waals surface area contributed by atoms with Crippen LogP contribution in [0.15, 0.2) is 18.2 Å². The third-order valence-electron chi connectivity index (χ3n) is 3.01. The van der Waals surface area contributed by atoms with Crippen LogP contribution in [0.4, 0.5) is 5.69 Å². The molecule has 3 N–H and O–H groups in total. The van der Waals surface area contributed by atoms with Crippen LogP contribution in [0.1, 0.15) is 24.5 Å². The van der Waals surface area contributed by atoms with Crippen LogP contribution in [0.5, 0.6) is 5.75 Å². The number of phenolic OH excluding ortho intramolecular Hbond substituents is 1. The maximum absolute atomic E-state index is 10.7. The van der Waals surface area contributed by atoms with Gasteiger partial charge in [-0.25, -0.2) is 4.79 Å². The van der Waals surface area contributed by atoms with Gasteiger partial charge in [0.15, 0.2) is 6.10 Å². The molecular weight excluding hydrogens is 222 g/mol. The molecule has 1 heterocycles. The zero-order valence-corrected chi connectivity index (χ0v) is 9.33. The lowest BCUT2D eigenvalue weighted by atomic mass is 10.1. The van der Waals surface area contributed by atoms with Crippen molar-refractivity contribution in [1.29, 1.82) is 0 Å². The van der Waals surface area contributed by atoms with Crippen LogP contribution >= 0.6 is 0 Å². The van der Waals surface area contributed by atoms with Gasteiger partial charge in [-0.3, -0.25) is 0 Å². The Kier molecular flexibility index (Phi) is 3.19. The minimum absolute atomic E-state index is 0.0434. The van der Waals surface area contributed by atoms with Crippen LogP contribution in [0.25, 0.3) is 0 Å². The summed E-state index contributed by atoms with van der Waals surface area (Å²) in [6.45, 7) is 1.85. The predicted octanol–water partition coefficient (Wildman–Crippen LogP) is 1.11. The van der Waals surface area contributed by atoms with E-state index in [4.69, 9.17) is 5.11 Å². The fourth-order valence-electron chi connectivity index (χ4n) is 2.07. The second-order valence-electron chi connectivity index (χ2n) is 4.18. The van der Waals surface area contributed by atoms with Crippen molar-refractivity contribution in [3.8, 4) is 5.75 Å². The number of phenols is 1. The van der Waals surface area contributed by atoms with E-state index in [0.717, 1.165) is 31.6 Å². The Labute approximate surface area is 98.9 Å². The quantitative estimate of drug-likeness (QED) is 0.733. The Morgan fingerprint density at radius 3 is 2.53 bits per heavy atom. The van der Waals surface area contributed by atoms with E-state index in [2.05, 4.69) is 4.90 Å². The molecule has 1 unspecified atom stereocenters. The standard InChI is InChI=1S/C12H15NO4/c14-10-4-3-8(13-5-1-2-6-13)7-9(10)11(15)12(16)17/h3-4,7,11,14-15H,1-2,5-6H2,(H,16,17). The monoisotopic (exact) mass is 237 g/mol. The highest BCUT2D eigenvalue weighted by atomic mass is 16.4. The van der Waals surface area contributed by atoms with Gasteiger partial charge in [0.05, 0.1) is 0 Å². The second kappa shape index (κ2) is 4.63. The highest BCUT2D eigenvalue weighted by Gasteiger charge is 2.21. The van der Waals surface area contributed by atoms with Gasteiger partial charge in [-0.15, -0.1) is 0 Å². The summed E-state index contributed by atoms with van der Waals surface area (Å²) in [5, 5.41) is 27.8. The van der Waals surface area contributed by atoms with Crippen molar-refractivity contribution < 1.29 is 20.1 Å². The molecule has 1 aromatic rings. The molecule has 1 aromatic carbocycles. The van der Waals surface area contributed by atoms with E-state index in [0.29, 0.717) is 0 Å². The first-order valence-electron chi connectivity index (χ1n) is 5.58. The van der Waals surface area contributed by atoms with Gasteiger partial charge in [-0.1, -0.05) is 0 Å². The molecule has 0 bridgehead atoms. The van der Waals surface area contributed by atoms with Crippen molar-refractivity contribution in [3.63, 3.8) is 0 Å². The summed E-state index contributed by atoms with van der Waals surface area (Å²) in [6.07, 6.45) is 0.535. The molecule has 1 aliphatic heterocycles. The van der Waals surface area contributed by atoms with Gasteiger partial charge < -0.3 is 20.2 Å². The topological polar surface area (TPSA) is 81.0 Å². The first-order valence-corrected chi connectivity index (χ1v) is 5.58. The lowest BCUT2D eigenvalue weighted by Gasteiger charge is -2.19. The molecule has 0 saturated carbocycles. The molecule has 5 heteroatoms. The Bertz CT molecular complexity index is 427. The zero-order valence-electron chi connectivity index (χ0n) is 9.33. The number of aliphatic carboxylic acids is 1. The lowest BCUT2D eigenvalue weighted by molar-refractivity contribution is -0.147. The largest absolute Gasteiger partial charge is 0.508 e. The number of hydrogen-bond donors (Lipinski definition) is 3. The minimum atomic E-state index is -1.68. The summed E-state index contributed by atoms with van der Waals surface area (Å²) in [6, 6.07) is 4.70. The summed E-state index contributed by atoms with van der Waals surface area (Å²) < 4.78 is 0.